The molecule has 1 aliphatic heterocycles. The van der Waals surface area contributed by atoms with E-state index in [1.165, 1.54) is 30.8 Å². The Morgan fingerprint density at radius 2 is 2.42 bits per heavy atom. The van der Waals surface area contributed by atoms with Crippen molar-refractivity contribution >= 4 is 11.8 Å². The van der Waals surface area contributed by atoms with Crippen LogP contribution in [0.5, 0.6) is 0 Å². The van der Waals surface area contributed by atoms with Crippen LogP contribution in [-0.2, 0) is 4.74 Å². The van der Waals surface area contributed by atoms with E-state index in [1.54, 1.807) is 7.11 Å². The molecular weight excluding hydrogens is 170 g/mol. The van der Waals surface area contributed by atoms with Crippen LogP contribution in [0.25, 0.3) is 0 Å². The van der Waals surface area contributed by atoms with E-state index in [2.05, 4.69) is 17.1 Å². The third kappa shape index (κ3) is 4.33. The van der Waals surface area contributed by atoms with Gasteiger partial charge in [-0.15, -0.1) is 0 Å². The Morgan fingerprint density at radius 1 is 1.50 bits per heavy atom. The van der Waals surface area contributed by atoms with Gasteiger partial charge in [-0.05, 0) is 31.6 Å². The van der Waals surface area contributed by atoms with Gasteiger partial charge < -0.3 is 10.1 Å². The van der Waals surface area contributed by atoms with E-state index < -0.39 is 0 Å². The SMILES string of the molecule is COCCCCN[C@@H]1CCSC1. The van der Waals surface area contributed by atoms with Crippen LogP contribution in [0.1, 0.15) is 19.3 Å². The summed E-state index contributed by atoms with van der Waals surface area (Å²) in [6.07, 6.45) is 3.79. The Balaban J connectivity index is 1.81. The summed E-state index contributed by atoms with van der Waals surface area (Å²) in [7, 11) is 1.76. The van der Waals surface area contributed by atoms with Gasteiger partial charge in [-0.25, -0.2) is 0 Å². The fourth-order valence-corrected chi connectivity index (χ4v) is 2.56. The Bertz CT molecular complexity index is 105. The maximum absolute atomic E-state index is 4.98. The molecule has 0 bridgehead atoms. The largest absolute Gasteiger partial charge is 0.385 e. The molecule has 3 heteroatoms. The molecule has 0 unspecified atom stereocenters. The molecule has 1 N–H and O–H groups in total. The lowest BCUT2D eigenvalue weighted by Crippen LogP contribution is -2.29. The first-order valence-corrected chi connectivity index (χ1v) is 5.89. The molecule has 0 saturated carbocycles. The molecule has 0 aromatic carbocycles. The molecule has 0 spiro atoms. The van der Waals surface area contributed by atoms with Crippen LogP contribution >= 0.6 is 11.8 Å². The highest BCUT2D eigenvalue weighted by molar-refractivity contribution is 7.99. The summed E-state index contributed by atoms with van der Waals surface area (Å²) in [4.78, 5) is 0. The third-order valence-electron chi connectivity index (χ3n) is 2.14. The Kier molecular flexibility index (Phi) is 5.82. The van der Waals surface area contributed by atoms with Gasteiger partial charge in [0.1, 0.15) is 0 Å². The molecule has 0 aromatic rings. The quantitative estimate of drug-likeness (QED) is 0.640. The average molecular weight is 189 g/mol. The van der Waals surface area contributed by atoms with E-state index in [-0.39, 0.29) is 0 Å². The zero-order valence-corrected chi connectivity index (χ0v) is 8.66. The standard InChI is InChI=1S/C9H19NOS/c1-11-6-3-2-5-10-9-4-7-12-8-9/h9-10H,2-8H2,1H3/t9-/m1/s1. The van der Waals surface area contributed by atoms with Crippen LogP contribution in [0.15, 0.2) is 0 Å². The normalized spacial score (nSPS) is 23.2. The van der Waals surface area contributed by atoms with Gasteiger partial charge >= 0.3 is 0 Å². The van der Waals surface area contributed by atoms with Gasteiger partial charge in [0, 0.05) is 25.5 Å². The van der Waals surface area contributed by atoms with Crippen molar-refractivity contribution in [2.45, 2.75) is 25.3 Å². The molecule has 1 aliphatic rings. The minimum atomic E-state index is 0.789. The van der Waals surface area contributed by atoms with E-state index in [0.29, 0.717) is 0 Å². The molecule has 1 fully saturated rings. The second-order valence-corrected chi connectivity index (χ2v) is 4.36. The Labute approximate surface area is 79.4 Å². The number of ether oxygens (including phenoxy) is 1. The molecule has 1 saturated heterocycles. The number of hydrogen-bond acceptors (Lipinski definition) is 3. The Morgan fingerprint density at radius 3 is 3.08 bits per heavy atom. The van der Waals surface area contributed by atoms with Crippen molar-refractivity contribution in [1.29, 1.82) is 0 Å². The van der Waals surface area contributed by atoms with E-state index in [4.69, 9.17) is 4.74 Å². The van der Waals surface area contributed by atoms with E-state index in [1.807, 2.05) is 0 Å². The summed E-state index contributed by atoms with van der Waals surface area (Å²) in [5, 5.41) is 3.56. The van der Waals surface area contributed by atoms with Gasteiger partial charge in [0.05, 0.1) is 0 Å². The lowest BCUT2D eigenvalue weighted by Gasteiger charge is -2.10. The first-order chi connectivity index (χ1) is 5.93. The lowest BCUT2D eigenvalue weighted by atomic mass is 10.2. The highest BCUT2D eigenvalue weighted by Gasteiger charge is 2.13. The van der Waals surface area contributed by atoms with Crippen molar-refractivity contribution in [1.82, 2.24) is 5.32 Å². The van der Waals surface area contributed by atoms with Gasteiger partial charge in [-0.1, -0.05) is 0 Å². The fraction of sp³-hybridized carbons (Fsp3) is 1.00. The molecule has 0 aliphatic carbocycles. The zero-order valence-electron chi connectivity index (χ0n) is 7.84. The summed E-state index contributed by atoms with van der Waals surface area (Å²) in [6.45, 7) is 2.07. The number of thioether (sulfide) groups is 1. The smallest absolute Gasteiger partial charge is 0.0462 e. The maximum Gasteiger partial charge on any atom is 0.0462 e. The van der Waals surface area contributed by atoms with Crippen molar-refractivity contribution in [3.05, 3.63) is 0 Å². The monoisotopic (exact) mass is 189 g/mol. The highest BCUT2D eigenvalue weighted by Crippen LogP contribution is 2.16. The Hall–Kier alpha value is 0.270. The summed E-state index contributed by atoms with van der Waals surface area (Å²) in [5.41, 5.74) is 0. The lowest BCUT2D eigenvalue weighted by molar-refractivity contribution is 0.192. The molecule has 0 radical (unpaired) electrons. The minimum Gasteiger partial charge on any atom is -0.385 e. The number of unbranched alkanes of at least 4 members (excludes halogenated alkanes) is 1. The van der Waals surface area contributed by atoms with Crippen LogP contribution in [-0.4, -0.2) is 37.8 Å². The van der Waals surface area contributed by atoms with Crippen molar-refractivity contribution in [3.63, 3.8) is 0 Å². The molecule has 72 valence electrons. The first kappa shape index (κ1) is 10.4. The summed E-state index contributed by atoms with van der Waals surface area (Å²) >= 11 is 2.06. The number of hydrogen-bond donors (Lipinski definition) is 1. The van der Waals surface area contributed by atoms with Crippen LogP contribution < -0.4 is 5.32 Å². The van der Waals surface area contributed by atoms with Crippen molar-refractivity contribution < 1.29 is 4.74 Å². The molecule has 12 heavy (non-hydrogen) atoms. The zero-order chi connectivity index (χ0) is 8.65. The number of nitrogens with one attached hydrogen (secondary N) is 1. The minimum absolute atomic E-state index is 0.789. The molecule has 1 heterocycles. The van der Waals surface area contributed by atoms with Crippen molar-refractivity contribution in [3.8, 4) is 0 Å². The van der Waals surface area contributed by atoms with E-state index in [9.17, 15) is 0 Å². The third-order valence-corrected chi connectivity index (χ3v) is 3.30. The highest BCUT2D eigenvalue weighted by atomic mass is 32.2. The van der Waals surface area contributed by atoms with Gasteiger partial charge in [-0.2, -0.15) is 11.8 Å². The summed E-state index contributed by atoms with van der Waals surface area (Å²) < 4.78 is 4.98. The van der Waals surface area contributed by atoms with Gasteiger partial charge in [0.2, 0.25) is 0 Å². The predicted molar refractivity (Wildman–Crippen MR) is 54.8 cm³/mol. The molecule has 1 atom stereocenters. The van der Waals surface area contributed by atoms with Gasteiger partial charge in [-0.3, -0.25) is 0 Å². The van der Waals surface area contributed by atoms with Crippen molar-refractivity contribution in [2.24, 2.45) is 0 Å². The van der Waals surface area contributed by atoms with E-state index >= 15 is 0 Å². The molecule has 2 nitrogen and oxygen atoms in total. The molecule has 0 aromatic heterocycles. The molecule has 1 rings (SSSR count). The first-order valence-electron chi connectivity index (χ1n) is 4.73. The van der Waals surface area contributed by atoms with Crippen LogP contribution in [0.3, 0.4) is 0 Å². The van der Waals surface area contributed by atoms with Crippen LogP contribution in [0.2, 0.25) is 0 Å². The number of rotatable bonds is 6. The van der Waals surface area contributed by atoms with Crippen molar-refractivity contribution in [2.75, 3.05) is 31.8 Å². The maximum atomic E-state index is 4.98. The van der Waals surface area contributed by atoms with Crippen LogP contribution in [0, 0.1) is 0 Å². The van der Waals surface area contributed by atoms with Gasteiger partial charge in [0.15, 0.2) is 0 Å². The molecular formula is C9H19NOS. The molecule has 0 amide bonds. The number of methoxy groups -OCH3 is 1. The second-order valence-electron chi connectivity index (χ2n) is 3.21. The summed E-state index contributed by atoms with van der Waals surface area (Å²) in [6, 6.07) is 0.789. The van der Waals surface area contributed by atoms with E-state index in [0.717, 1.165) is 19.2 Å². The van der Waals surface area contributed by atoms with Crippen LogP contribution in [0.4, 0.5) is 0 Å². The topological polar surface area (TPSA) is 21.3 Å². The summed E-state index contributed by atoms with van der Waals surface area (Å²) in [5.74, 6) is 2.65. The predicted octanol–water partition coefficient (Wildman–Crippen LogP) is 1.51. The average Bonchev–Trinajstić information content (AvgIpc) is 2.57. The second kappa shape index (κ2) is 6.75. The van der Waals surface area contributed by atoms with Gasteiger partial charge in [0.25, 0.3) is 0 Å². The fourth-order valence-electron chi connectivity index (χ4n) is 1.37.